The number of halogens is 1. The standard InChI is InChI=1S/C24H30FN3O3/c1-3-31-24(30)27-14-12-26(13-15-27)23(29)22-17(2)20-6-4-5-7-21(20)28(22)16-18-8-10-19(25)11-9-18/h8-11H,3-7,12-16H2,1-2H3. The Morgan fingerprint density at radius 2 is 1.65 bits per heavy atom. The smallest absolute Gasteiger partial charge is 0.409 e. The molecule has 31 heavy (non-hydrogen) atoms. The molecule has 1 aliphatic heterocycles. The zero-order valence-corrected chi connectivity index (χ0v) is 18.3. The van der Waals surface area contributed by atoms with Crippen LogP contribution in [-0.2, 0) is 24.1 Å². The monoisotopic (exact) mass is 427 g/mol. The zero-order valence-electron chi connectivity index (χ0n) is 18.3. The van der Waals surface area contributed by atoms with Crippen molar-refractivity contribution in [3.8, 4) is 0 Å². The largest absolute Gasteiger partial charge is 0.450 e. The topological polar surface area (TPSA) is 54.8 Å². The van der Waals surface area contributed by atoms with Crippen LogP contribution in [0.5, 0.6) is 0 Å². The van der Waals surface area contributed by atoms with Crippen molar-refractivity contribution in [2.75, 3.05) is 32.8 Å². The number of rotatable bonds is 4. The normalized spacial score (nSPS) is 16.2. The first kappa shape index (κ1) is 21.4. The van der Waals surface area contributed by atoms with E-state index in [1.54, 1.807) is 24.0 Å². The van der Waals surface area contributed by atoms with Gasteiger partial charge in [-0.3, -0.25) is 4.79 Å². The Kier molecular flexibility index (Phi) is 6.30. The van der Waals surface area contributed by atoms with E-state index in [1.165, 1.54) is 23.4 Å². The Bertz CT molecular complexity index is 959. The summed E-state index contributed by atoms with van der Waals surface area (Å²) in [5.41, 5.74) is 5.31. The third kappa shape index (κ3) is 4.31. The Hall–Kier alpha value is -2.83. The van der Waals surface area contributed by atoms with Crippen LogP contribution in [-0.4, -0.2) is 59.2 Å². The number of carbonyl (C=O) groups is 2. The van der Waals surface area contributed by atoms with Gasteiger partial charge in [-0.25, -0.2) is 9.18 Å². The van der Waals surface area contributed by atoms with E-state index in [-0.39, 0.29) is 17.8 Å². The molecule has 0 unspecified atom stereocenters. The van der Waals surface area contributed by atoms with Crippen LogP contribution in [0.4, 0.5) is 9.18 Å². The van der Waals surface area contributed by atoms with E-state index in [1.807, 2.05) is 11.8 Å². The lowest BCUT2D eigenvalue weighted by molar-refractivity contribution is 0.0561. The Morgan fingerprint density at radius 3 is 2.32 bits per heavy atom. The van der Waals surface area contributed by atoms with Crippen LogP contribution in [0.1, 0.15) is 52.6 Å². The second-order valence-electron chi connectivity index (χ2n) is 8.30. The Morgan fingerprint density at radius 1 is 1.00 bits per heavy atom. The Labute approximate surface area is 182 Å². The molecule has 0 bridgehead atoms. The van der Waals surface area contributed by atoms with Gasteiger partial charge in [0.15, 0.2) is 0 Å². The van der Waals surface area contributed by atoms with Gasteiger partial charge in [-0.05, 0) is 68.4 Å². The summed E-state index contributed by atoms with van der Waals surface area (Å²) in [6.07, 6.45) is 3.89. The van der Waals surface area contributed by atoms with Crippen molar-refractivity contribution in [1.82, 2.24) is 14.4 Å². The summed E-state index contributed by atoms with van der Waals surface area (Å²) in [6.45, 7) is 6.67. The first-order valence-electron chi connectivity index (χ1n) is 11.2. The minimum absolute atomic E-state index is 0.0116. The molecule has 2 amide bonds. The average molecular weight is 428 g/mol. The minimum atomic E-state index is -0.319. The third-order valence-corrected chi connectivity index (χ3v) is 6.39. The maximum Gasteiger partial charge on any atom is 0.409 e. The second kappa shape index (κ2) is 9.12. The highest BCUT2D eigenvalue weighted by atomic mass is 19.1. The summed E-state index contributed by atoms with van der Waals surface area (Å²) in [5.74, 6) is -0.247. The average Bonchev–Trinajstić information content (AvgIpc) is 3.07. The summed E-state index contributed by atoms with van der Waals surface area (Å²) in [6, 6.07) is 6.50. The van der Waals surface area contributed by atoms with Crippen molar-refractivity contribution >= 4 is 12.0 Å². The number of fused-ring (bicyclic) bond motifs is 1. The lowest BCUT2D eigenvalue weighted by Gasteiger charge is -2.34. The van der Waals surface area contributed by atoms with Crippen LogP contribution < -0.4 is 0 Å². The molecule has 0 saturated carbocycles. The van der Waals surface area contributed by atoms with Gasteiger partial charge in [0.05, 0.1) is 6.61 Å². The quantitative estimate of drug-likeness (QED) is 0.746. The molecule has 7 heteroatoms. The number of nitrogens with zero attached hydrogens (tertiary/aromatic N) is 3. The van der Waals surface area contributed by atoms with E-state index in [4.69, 9.17) is 4.74 Å². The number of amides is 2. The fourth-order valence-corrected chi connectivity index (χ4v) is 4.75. The molecule has 2 aliphatic rings. The first-order chi connectivity index (χ1) is 15.0. The minimum Gasteiger partial charge on any atom is -0.450 e. The van der Waals surface area contributed by atoms with Gasteiger partial charge in [-0.15, -0.1) is 0 Å². The third-order valence-electron chi connectivity index (χ3n) is 6.39. The maximum atomic E-state index is 13.6. The van der Waals surface area contributed by atoms with Crippen molar-refractivity contribution in [2.24, 2.45) is 0 Å². The fraction of sp³-hybridized carbons (Fsp3) is 0.500. The van der Waals surface area contributed by atoms with Gasteiger partial charge in [0.1, 0.15) is 11.5 Å². The molecule has 1 aliphatic carbocycles. The highest BCUT2D eigenvalue weighted by molar-refractivity contribution is 5.95. The number of benzene rings is 1. The molecule has 4 rings (SSSR count). The van der Waals surface area contributed by atoms with E-state index in [9.17, 15) is 14.0 Å². The molecule has 1 aromatic heterocycles. The number of ether oxygens (including phenoxy) is 1. The van der Waals surface area contributed by atoms with E-state index in [0.29, 0.717) is 39.3 Å². The molecular formula is C24H30FN3O3. The van der Waals surface area contributed by atoms with E-state index in [0.717, 1.165) is 42.5 Å². The van der Waals surface area contributed by atoms with Gasteiger partial charge < -0.3 is 19.1 Å². The molecule has 2 heterocycles. The number of piperazine rings is 1. The molecule has 1 fully saturated rings. The highest BCUT2D eigenvalue weighted by Gasteiger charge is 2.31. The zero-order chi connectivity index (χ0) is 22.0. The molecule has 0 N–H and O–H groups in total. The maximum absolute atomic E-state index is 13.6. The number of aromatic nitrogens is 1. The molecule has 0 radical (unpaired) electrons. The van der Waals surface area contributed by atoms with Gasteiger partial charge in [-0.2, -0.15) is 0 Å². The van der Waals surface area contributed by atoms with Crippen molar-refractivity contribution in [3.05, 3.63) is 58.2 Å². The molecule has 2 aromatic rings. The van der Waals surface area contributed by atoms with Crippen LogP contribution in [0, 0.1) is 12.7 Å². The lowest BCUT2D eigenvalue weighted by Crippen LogP contribution is -2.51. The fourth-order valence-electron chi connectivity index (χ4n) is 4.75. The van der Waals surface area contributed by atoms with Crippen molar-refractivity contribution in [3.63, 3.8) is 0 Å². The molecule has 0 spiro atoms. The predicted octanol–water partition coefficient (Wildman–Crippen LogP) is 3.78. The molecule has 0 atom stereocenters. The number of hydrogen-bond donors (Lipinski definition) is 0. The van der Waals surface area contributed by atoms with Crippen LogP contribution in [0.25, 0.3) is 0 Å². The van der Waals surface area contributed by atoms with Crippen LogP contribution in [0.15, 0.2) is 24.3 Å². The molecule has 6 nitrogen and oxygen atoms in total. The van der Waals surface area contributed by atoms with Gasteiger partial charge in [0.25, 0.3) is 5.91 Å². The van der Waals surface area contributed by atoms with Crippen molar-refractivity contribution < 1.29 is 18.7 Å². The van der Waals surface area contributed by atoms with Gasteiger partial charge >= 0.3 is 6.09 Å². The van der Waals surface area contributed by atoms with E-state index >= 15 is 0 Å². The summed E-state index contributed by atoms with van der Waals surface area (Å²) in [7, 11) is 0. The second-order valence-corrected chi connectivity index (χ2v) is 8.30. The Balaban J connectivity index is 1.60. The summed E-state index contributed by atoms with van der Waals surface area (Å²) >= 11 is 0. The van der Waals surface area contributed by atoms with Crippen LogP contribution >= 0.6 is 0 Å². The van der Waals surface area contributed by atoms with Crippen LogP contribution in [0.2, 0.25) is 0 Å². The highest BCUT2D eigenvalue weighted by Crippen LogP contribution is 2.31. The molecular weight excluding hydrogens is 397 g/mol. The van der Waals surface area contributed by atoms with Crippen molar-refractivity contribution in [2.45, 2.75) is 46.1 Å². The van der Waals surface area contributed by atoms with Gasteiger partial charge in [0.2, 0.25) is 0 Å². The van der Waals surface area contributed by atoms with Gasteiger partial charge in [-0.1, -0.05) is 12.1 Å². The van der Waals surface area contributed by atoms with E-state index < -0.39 is 0 Å². The van der Waals surface area contributed by atoms with Gasteiger partial charge in [0, 0.05) is 38.4 Å². The molecule has 1 aromatic carbocycles. The molecule has 166 valence electrons. The predicted molar refractivity (Wildman–Crippen MR) is 116 cm³/mol. The number of carbonyl (C=O) groups excluding carboxylic acids is 2. The number of hydrogen-bond acceptors (Lipinski definition) is 3. The molecule has 1 saturated heterocycles. The SMILES string of the molecule is CCOC(=O)N1CCN(C(=O)c2c(C)c3c(n2Cc2ccc(F)cc2)CCCC3)CC1. The summed E-state index contributed by atoms with van der Waals surface area (Å²) in [5, 5.41) is 0. The van der Waals surface area contributed by atoms with E-state index in [2.05, 4.69) is 4.57 Å². The summed E-state index contributed by atoms with van der Waals surface area (Å²) in [4.78, 5) is 29.1. The lowest BCUT2D eigenvalue weighted by atomic mass is 9.95. The van der Waals surface area contributed by atoms with Crippen LogP contribution in [0.3, 0.4) is 0 Å². The van der Waals surface area contributed by atoms with Crippen molar-refractivity contribution in [1.29, 1.82) is 0 Å². The summed E-state index contributed by atoms with van der Waals surface area (Å²) < 4.78 is 20.6. The first-order valence-corrected chi connectivity index (χ1v) is 11.2.